The number of aromatic nitrogens is 1. The summed E-state index contributed by atoms with van der Waals surface area (Å²) in [6, 6.07) is 11.4. The van der Waals surface area contributed by atoms with Crippen LogP contribution in [0.4, 0.5) is 5.69 Å². The molecule has 0 aliphatic rings. The average molecular weight is 258 g/mol. The highest BCUT2D eigenvalue weighted by Crippen LogP contribution is 2.13. The van der Waals surface area contributed by atoms with Gasteiger partial charge in [-0.15, -0.1) is 0 Å². The number of esters is 1. The zero-order valence-corrected chi connectivity index (χ0v) is 11.2. The van der Waals surface area contributed by atoms with Crippen LogP contribution >= 0.6 is 0 Å². The van der Waals surface area contributed by atoms with Gasteiger partial charge in [0.2, 0.25) is 0 Å². The van der Waals surface area contributed by atoms with Crippen LogP contribution in [0, 0.1) is 0 Å². The van der Waals surface area contributed by atoms with E-state index in [2.05, 4.69) is 29.1 Å². The predicted molar refractivity (Wildman–Crippen MR) is 75.2 cm³/mol. The fraction of sp³-hybridized carbons (Fsp3) is 0.267. The summed E-state index contributed by atoms with van der Waals surface area (Å²) in [5.74, 6) is -0.319. The van der Waals surface area contributed by atoms with Gasteiger partial charge >= 0.3 is 5.97 Å². The Kier molecular flexibility index (Phi) is 4.23. The lowest BCUT2D eigenvalue weighted by atomic mass is 10.2. The van der Waals surface area contributed by atoms with Gasteiger partial charge in [-0.3, -0.25) is 0 Å². The molecule has 2 rings (SSSR count). The standard InChI is InChI=1S/C15H18N2O2/c1-3-17-9-5-8-14(17)11-16-13-7-4-6-12(10-13)15(18)19-2/h4-10,16H,3,11H2,1-2H3. The van der Waals surface area contributed by atoms with Crippen molar-refractivity contribution in [2.24, 2.45) is 0 Å². The zero-order chi connectivity index (χ0) is 13.7. The topological polar surface area (TPSA) is 43.3 Å². The molecule has 0 spiro atoms. The Morgan fingerprint density at radius 1 is 1.32 bits per heavy atom. The van der Waals surface area contributed by atoms with Crippen molar-refractivity contribution in [3.05, 3.63) is 53.9 Å². The summed E-state index contributed by atoms with van der Waals surface area (Å²) < 4.78 is 6.89. The van der Waals surface area contributed by atoms with Crippen LogP contribution in [0.3, 0.4) is 0 Å². The van der Waals surface area contributed by atoms with E-state index >= 15 is 0 Å². The number of ether oxygens (including phenoxy) is 1. The van der Waals surface area contributed by atoms with Crippen molar-refractivity contribution < 1.29 is 9.53 Å². The predicted octanol–water partition coefficient (Wildman–Crippen LogP) is 2.91. The first-order chi connectivity index (χ1) is 9.24. The molecule has 4 nitrogen and oxygen atoms in total. The molecule has 1 aromatic carbocycles. The van der Waals surface area contributed by atoms with Crippen LogP contribution in [0.15, 0.2) is 42.6 Å². The molecule has 0 fully saturated rings. The minimum Gasteiger partial charge on any atom is -0.465 e. The van der Waals surface area contributed by atoms with Crippen LogP contribution in [0.25, 0.3) is 0 Å². The van der Waals surface area contributed by atoms with Gasteiger partial charge in [-0.25, -0.2) is 4.79 Å². The monoisotopic (exact) mass is 258 g/mol. The summed E-state index contributed by atoms with van der Waals surface area (Å²) in [7, 11) is 1.39. The summed E-state index contributed by atoms with van der Waals surface area (Å²) in [4.78, 5) is 11.4. The Morgan fingerprint density at radius 3 is 2.89 bits per heavy atom. The van der Waals surface area contributed by atoms with E-state index in [0.717, 1.165) is 18.8 Å². The van der Waals surface area contributed by atoms with E-state index < -0.39 is 0 Å². The second-order valence-electron chi connectivity index (χ2n) is 4.21. The van der Waals surface area contributed by atoms with Gasteiger partial charge in [-0.05, 0) is 37.3 Å². The zero-order valence-electron chi connectivity index (χ0n) is 11.2. The van der Waals surface area contributed by atoms with E-state index in [1.165, 1.54) is 12.8 Å². The third-order valence-electron chi connectivity index (χ3n) is 3.02. The third kappa shape index (κ3) is 3.16. The van der Waals surface area contributed by atoms with Gasteiger partial charge in [0.1, 0.15) is 0 Å². The highest BCUT2D eigenvalue weighted by molar-refractivity contribution is 5.90. The van der Waals surface area contributed by atoms with Crippen LogP contribution in [0.1, 0.15) is 23.0 Å². The smallest absolute Gasteiger partial charge is 0.337 e. The van der Waals surface area contributed by atoms with Crippen molar-refractivity contribution in [2.75, 3.05) is 12.4 Å². The number of benzene rings is 1. The molecular weight excluding hydrogens is 240 g/mol. The summed E-state index contributed by atoms with van der Waals surface area (Å²) in [6.07, 6.45) is 2.06. The number of nitrogens with one attached hydrogen (secondary N) is 1. The van der Waals surface area contributed by atoms with Crippen molar-refractivity contribution in [3.63, 3.8) is 0 Å². The van der Waals surface area contributed by atoms with Gasteiger partial charge < -0.3 is 14.6 Å². The van der Waals surface area contributed by atoms with Crippen molar-refractivity contribution in [3.8, 4) is 0 Å². The van der Waals surface area contributed by atoms with E-state index in [1.54, 1.807) is 12.1 Å². The van der Waals surface area contributed by atoms with Crippen molar-refractivity contribution >= 4 is 11.7 Å². The van der Waals surface area contributed by atoms with Crippen molar-refractivity contribution in [2.45, 2.75) is 20.0 Å². The molecule has 0 amide bonds. The van der Waals surface area contributed by atoms with Crippen LogP contribution in [0.5, 0.6) is 0 Å². The molecule has 0 aliphatic heterocycles. The maximum absolute atomic E-state index is 11.4. The third-order valence-corrected chi connectivity index (χ3v) is 3.02. The normalized spacial score (nSPS) is 10.2. The van der Waals surface area contributed by atoms with Gasteiger partial charge in [-0.2, -0.15) is 0 Å². The maximum atomic E-state index is 11.4. The Hall–Kier alpha value is -2.23. The lowest BCUT2D eigenvalue weighted by molar-refractivity contribution is 0.0601. The molecular formula is C15H18N2O2. The Bertz CT molecular complexity index is 561. The van der Waals surface area contributed by atoms with E-state index in [4.69, 9.17) is 4.74 Å². The molecule has 1 aromatic heterocycles. The van der Waals surface area contributed by atoms with Crippen LogP contribution in [-0.4, -0.2) is 17.6 Å². The first-order valence-electron chi connectivity index (χ1n) is 6.31. The summed E-state index contributed by atoms with van der Waals surface area (Å²) in [5, 5.41) is 3.31. The van der Waals surface area contributed by atoms with E-state index in [-0.39, 0.29) is 5.97 Å². The van der Waals surface area contributed by atoms with Gasteiger partial charge in [-0.1, -0.05) is 6.07 Å². The van der Waals surface area contributed by atoms with Crippen LogP contribution in [-0.2, 0) is 17.8 Å². The van der Waals surface area contributed by atoms with Crippen molar-refractivity contribution in [1.29, 1.82) is 0 Å². The van der Waals surface area contributed by atoms with Crippen LogP contribution < -0.4 is 5.32 Å². The SMILES string of the molecule is CCn1cccc1CNc1cccc(C(=O)OC)c1. The summed E-state index contributed by atoms with van der Waals surface area (Å²) in [6.45, 7) is 3.79. The molecule has 0 saturated carbocycles. The first kappa shape index (κ1) is 13.2. The molecule has 0 unspecified atom stereocenters. The summed E-state index contributed by atoms with van der Waals surface area (Å²) in [5.41, 5.74) is 2.68. The molecule has 0 bridgehead atoms. The number of anilines is 1. The van der Waals surface area contributed by atoms with Gasteiger partial charge in [0.15, 0.2) is 0 Å². The highest BCUT2D eigenvalue weighted by atomic mass is 16.5. The molecule has 0 atom stereocenters. The molecule has 1 heterocycles. The minimum atomic E-state index is -0.319. The summed E-state index contributed by atoms with van der Waals surface area (Å²) >= 11 is 0. The number of hydrogen-bond acceptors (Lipinski definition) is 3. The lowest BCUT2D eigenvalue weighted by Gasteiger charge is -2.10. The van der Waals surface area contributed by atoms with Crippen molar-refractivity contribution in [1.82, 2.24) is 4.57 Å². The Morgan fingerprint density at radius 2 is 2.16 bits per heavy atom. The van der Waals surface area contributed by atoms with Gasteiger partial charge in [0, 0.05) is 24.1 Å². The number of nitrogens with zero attached hydrogens (tertiary/aromatic N) is 1. The molecule has 19 heavy (non-hydrogen) atoms. The van der Waals surface area contributed by atoms with E-state index in [0.29, 0.717) is 5.56 Å². The second kappa shape index (κ2) is 6.09. The van der Waals surface area contributed by atoms with E-state index in [9.17, 15) is 4.79 Å². The van der Waals surface area contributed by atoms with E-state index in [1.807, 2.05) is 18.2 Å². The quantitative estimate of drug-likeness (QED) is 0.839. The maximum Gasteiger partial charge on any atom is 0.337 e. The second-order valence-corrected chi connectivity index (χ2v) is 4.21. The number of aryl methyl sites for hydroxylation is 1. The number of carbonyl (C=O) groups is 1. The highest BCUT2D eigenvalue weighted by Gasteiger charge is 2.05. The molecule has 4 heteroatoms. The fourth-order valence-electron chi connectivity index (χ4n) is 1.99. The molecule has 0 aliphatic carbocycles. The molecule has 0 saturated heterocycles. The molecule has 0 radical (unpaired) electrons. The Balaban J connectivity index is 2.05. The van der Waals surface area contributed by atoms with Gasteiger partial charge in [0.25, 0.3) is 0 Å². The minimum absolute atomic E-state index is 0.319. The Labute approximate surface area is 113 Å². The number of methoxy groups -OCH3 is 1. The lowest BCUT2D eigenvalue weighted by Crippen LogP contribution is -2.07. The number of hydrogen-bond donors (Lipinski definition) is 1. The largest absolute Gasteiger partial charge is 0.465 e. The van der Waals surface area contributed by atoms with Crippen LogP contribution in [0.2, 0.25) is 0 Å². The average Bonchev–Trinajstić information content (AvgIpc) is 2.92. The van der Waals surface area contributed by atoms with Gasteiger partial charge in [0.05, 0.1) is 19.2 Å². The fourth-order valence-corrected chi connectivity index (χ4v) is 1.99. The first-order valence-corrected chi connectivity index (χ1v) is 6.31. The number of carbonyl (C=O) groups excluding carboxylic acids is 1. The molecule has 1 N–H and O–H groups in total. The molecule has 100 valence electrons. The molecule has 2 aromatic rings. The number of rotatable bonds is 5.